The second-order valence-electron chi connectivity index (χ2n) is 5.00. The van der Waals surface area contributed by atoms with Crippen molar-refractivity contribution in [1.29, 1.82) is 0 Å². The molecule has 0 saturated heterocycles. The van der Waals surface area contributed by atoms with Crippen LogP contribution in [0, 0.1) is 0 Å². The predicted octanol–water partition coefficient (Wildman–Crippen LogP) is 2.23. The highest BCUT2D eigenvalue weighted by atomic mass is 16.2. The number of rotatable bonds is 4. The van der Waals surface area contributed by atoms with Gasteiger partial charge in [-0.1, -0.05) is 12.1 Å². The molecule has 1 aromatic heterocycles. The van der Waals surface area contributed by atoms with Crippen LogP contribution in [0.4, 0.5) is 5.69 Å². The van der Waals surface area contributed by atoms with Crippen LogP contribution in [0.2, 0.25) is 0 Å². The Balaban J connectivity index is 1.70. The predicted molar refractivity (Wildman–Crippen MR) is 79.1 cm³/mol. The Morgan fingerprint density at radius 2 is 1.90 bits per heavy atom. The first-order valence-electron chi connectivity index (χ1n) is 6.86. The fourth-order valence-corrected chi connectivity index (χ4v) is 1.93. The summed E-state index contributed by atoms with van der Waals surface area (Å²) in [6.07, 6.45) is 3.65. The van der Waals surface area contributed by atoms with E-state index in [0.29, 0.717) is 23.0 Å². The van der Waals surface area contributed by atoms with Crippen molar-refractivity contribution in [1.82, 2.24) is 10.3 Å². The third-order valence-electron chi connectivity index (χ3n) is 3.19. The van der Waals surface area contributed by atoms with E-state index in [0.717, 1.165) is 12.8 Å². The number of carbonyl (C=O) groups is 2. The highest BCUT2D eigenvalue weighted by Crippen LogP contribution is 2.20. The minimum absolute atomic E-state index is 0.105. The number of hydrogen-bond donors (Lipinski definition) is 2. The average molecular weight is 281 g/mol. The number of carbonyl (C=O) groups excluding carboxylic acids is 2. The van der Waals surface area contributed by atoms with E-state index in [9.17, 15) is 9.59 Å². The summed E-state index contributed by atoms with van der Waals surface area (Å²) in [5, 5.41) is 5.66. The summed E-state index contributed by atoms with van der Waals surface area (Å²) in [5.41, 5.74) is 1.46. The molecule has 1 heterocycles. The van der Waals surface area contributed by atoms with E-state index < -0.39 is 0 Å². The van der Waals surface area contributed by atoms with E-state index in [1.807, 2.05) is 0 Å². The van der Waals surface area contributed by atoms with E-state index >= 15 is 0 Å². The van der Waals surface area contributed by atoms with Gasteiger partial charge in [0.2, 0.25) is 0 Å². The van der Waals surface area contributed by atoms with Crippen LogP contribution in [0.25, 0.3) is 0 Å². The normalized spacial score (nSPS) is 13.5. The van der Waals surface area contributed by atoms with Crippen molar-refractivity contribution >= 4 is 17.5 Å². The van der Waals surface area contributed by atoms with Crippen LogP contribution < -0.4 is 10.6 Å². The third-order valence-corrected chi connectivity index (χ3v) is 3.19. The molecule has 3 rings (SSSR count). The lowest BCUT2D eigenvalue weighted by Crippen LogP contribution is -2.25. The molecule has 1 aromatic carbocycles. The van der Waals surface area contributed by atoms with Gasteiger partial charge in [-0.25, -0.2) is 0 Å². The molecule has 0 aliphatic heterocycles. The molecule has 0 radical (unpaired) electrons. The molecule has 2 amide bonds. The minimum atomic E-state index is -0.296. The maximum absolute atomic E-state index is 12.0. The summed E-state index contributed by atoms with van der Waals surface area (Å²) < 4.78 is 0. The van der Waals surface area contributed by atoms with Crippen LogP contribution in [0.5, 0.6) is 0 Å². The van der Waals surface area contributed by atoms with Gasteiger partial charge >= 0.3 is 0 Å². The summed E-state index contributed by atoms with van der Waals surface area (Å²) in [5.74, 6) is -0.401. The van der Waals surface area contributed by atoms with Gasteiger partial charge in [-0.15, -0.1) is 0 Å². The zero-order chi connectivity index (χ0) is 14.7. The number of amides is 2. The molecule has 5 heteroatoms. The first-order valence-corrected chi connectivity index (χ1v) is 6.86. The number of nitrogens with one attached hydrogen (secondary N) is 2. The smallest absolute Gasteiger partial charge is 0.274 e. The van der Waals surface area contributed by atoms with E-state index in [1.165, 1.54) is 0 Å². The Kier molecular flexibility index (Phi) is 3.64. The molecule has 2 aromatic rings. The molecule has 0 unspecified atom stereocenters. The molecule has 5 nitrogen and oxygen atoms in total. The highest BCUT2D eigenvalue weighted by Gasteiger charge is 2.23. The number of hydrogen-bond acceptors (Lipinski definition) is 3. The van der Waals surface area contributed by atoms with Gasteiger partial charge in [-0.3, -0.25) is 14.6 Å². The Labute approximate surface area is 122 Å². The second-order valence-corrected chi connectivity index (χ2v) is 5.00. The summed E-state index contributed by atoms with van der Waals surface area (Å²) in [4.78, 5) is 28.0. The first kappa shape index (κ1) is 13.3. The largest absolute Gasteiger partial charge is 0.349 e. The quantitative estimate of drug-likeness (QED) is 0.902. The molecule has 0 atom stereocenters. The molecular formula is C16H15N3O2. The summed E-state index contributed by atoms with van der Waals surface area (Å²) in [6, 6.07) is 12.3. The Morgan fingerprint density at radius 1 is 1.05 bits per heavy atom. The molecule has 1 aliphatic rings. The van der Waals surface area contributed by atoms with Crippen LogP contribution in [0.1, 0.15) is 33.7 Å². The van der Waals surface area contributed by atoms with Gasteiger partial charge in [0.15, 0.2) is 0 Å². The highest BCUT2D eigenvalue weighted by molar-refractivity contribution is 6.03. The summed E-state index contributed by atoms with van der Waals surface area (Å²) in [6.45, 7) is 0. The van der Waals surface area contributed by atoms with Gasteiger partial charge in [0, 0.05) is 23.5 Å². The van der Waals surface area contributed by atoms with E-state index in [-0.39, 0.29) is 11.8 Å². The van der Waals surface area contributed by atoms with E-state index in [1.54, 1.807) is 48.7 Å². The third kappa shape index (κ3) is 3.45. The van der Waals surface area contributed by atoms with Crippen molar-refractivity contribution < 1.29 is 9.59 Å². The number of benzene rings is 1. The lowest BCUT2D eigenvalue weighted by molar-refractivity contribution is 0.0949. The zero-order valence-electron chi connectivity index (χ0n) is 11.4. The standard InChI is InChI=1S/C16H15N3O2/c20-15(18-12-7-8-12)11-4-3-5-13(10-11)19-16(21)14-6-1-2-9-17-14/h1-6,9-10,12H,7-8H2,(H,18,20)(H,19,21). The molecule has 0 spiro atoms. The van der Waals surface area contributed by atoms with Gasteiger partial charge in [-0.05, 0) is 43.2 Å². The van der Waals surface area contributed by atoms with Crippen molar-refractivity contribution in [3.63, 3.8) is 0 Å². The molecule has 1 fully saturated rings. The van der Waals surface area contributed by atoms with Gasteiger partial charge < -0.3 is 10.6 Å². The molecule has 106 valence electrons. The van der Waals surface area contributed by atoms with Crippen molar-refractivity contribution in [3.8, 4) is 0 Å². The topological polar surface area (TPSA) is 71.1 Å². The molecule has 1 saturated carbocycles. The molecule has 0 bridgehead atoms. The van der Waals surface area contributed by atoms with Crippen molar-refractivity contribution in [3.05, 3.63) is 59.9 Å². The molecule has 2 N–H and O–H groups in total. The number of aromatic nitrogens is 1. The van der Waals surface area contributed by atoms with Crippen molar-refractivity contribution in [2.24, 2.45) is 0 Å². The average Bonchev–Trinajstić information content (AvgIpc) is 3.32. The van der Waals surface area contributed by atoms with Crippen LogP contribution in [0.3, 0.4) is 0 Å². The van der Waals surface area contributed by atoms with E-state index in [2.05, 4.69) is 15.6 Å². The van der Waals surface area contributed by atoms with Gasteiger partial charge in [0.05, 0.1) is 0 Å². The Bertz CT molecular complexity index is 666. The number of anilines is 1. The first-order chi connectivity index (χ1) is 10.2. The van der Waals surface area contributed by atoms with Crippen LogP contribution in [-0.4, -0.2) is 22.8 Å². The van der Waals surface area contributed by atoms with Crippen molar-refractivity contribution in [2.45, 2.75) is 18.9 Å². The molecule has 21 heavy (non-hydrogen) atoms. The fourth-order valence-electron chi connectivity index (χ4n) is 1.93. The van der Waals surface area contributed by atoms with Gasteiger partial charge in [0.25, 0.3) is 11.8 Å². The lowest BCUT2D eigenvalue weighted by atomic mass is 10.2. The summed E-state index contributed by atoms with van der Waals surface area (Å²) >= 11 is 0. The Hall–Kier alpha value is -2.69. The summed E-state index contributed by atoms with van der Waals surface area (Å²) in [7, 11) is 0. The SMILES string of the molecule is O=C(NC1CC1)c1cccc(NC(=O)c2ccccn2)c1. The maximum Gasteiger partial charge on any atom is 0.274 e. The van der Waals surface area contributed by atoms with Crippen LogP contribution >= 0.6 is 0 Å². The van der Waals surface area contributed by atoms with Crippen LogP contribution in [0.15, 0.2) is 48.7 Å². The van der Waals surface area contributed by atoms with Gasteiger partial charge in [-0.2, -0.15) is 0 Å². The van der Waals surface area contributed by atoms with Gasteiger partial charge in [0.1, 0.15) is 5.69 Å². The van der Waals surface area contributed by atoms with Crippen LogP contribution in [-0.2, 0) is 0 Å². The fraction of sp³-hybridized carbons (Fsp3) is 0.188. The molecular weight excluding hydrogens is 266 g/mol. The maximum atomic E-state index is 12.0. The zero-order valence-corrected chi connectivity index (χ0v) is 11.4. The number of nitrogens with zero attached hydrogens (tertiary/aromatic N) is 1. The van der Waals surface area contributed by atoms with Crippen molar-refractivity contribution in [2.75, 3.05) is 5.32 Å². The second kappa shape index (κ2) is 5.75. The minimum Gasteiger partial charge on any atom is -0.349 e. The lowest BCUT2D eigenvalue weighted by Gasteiger charge is -2.07. The number of pyridine rings is 1. The van der Waals surface area contributed by atoms with E-state index in [4.69, 9.17) is 0 Å². The Morgan fingerprint density at radius 3 is 2.62 bits per heavy atom. The monoisotopic (exact) mass is 281 g/mol. The molecule has 1 aliphatic carbocycles.